The van der Waals surface area contributed by atoms with Gasteiger partial charge < -0.3 is 19.7 Å². The summed E-state index contributed by atoms with van der Waals surface area (Å²) in [7, 11) is 0. The molecule has 1 fully saturated rings. The predicted octanol–water partition coefficient (Wildman–Crippen LogP) is 1.65. The molecule has 120 valence electrons. The molecule has 9 heteroatoms. The van der Waals surface area contributed by atoms with E-state index in [1.165, 1.54) is 24.5 Å². The molecule has 1 aliphatic carbocycles. The highest BCUT2D eigenvalue weighted by molar-refractivity contribution is 7.89. The first kappa shape index (κ1) is 16.4. The molecule has 2 rings (SSSR count). The zero-order chi connectivity index (χ0) is 16.3. The van der Waals surface area contributed by atoms with Crippen LogP contribution in [0, 0.1) is 10.1 Å². The van der Waals surface area contributed by atoms with Crippen molar-refractivity contribution in [2.75, 3.05) is 12.9 Å². The summed E-state index contributed by atoms with van der Waals surface area (Å²) in [5.74, 6) is 0.523. The molecule has 0 spiro atoms. The molecule has 0 aromatic heterocycles. The Bertz CT molecular complexity index is 588. The quantitative estimate of drug-likeness (QED) is 0.445. The van der Waals surface area contributed by atoms with Gasteiger partial charge in [0, 0.05) is 17.7 Å². The Balaban J connectivity index is 2.12. The van der Waals surface area contributed by atoms with E-state index < -0.39 is 27.7 Å². The van der Waals surface area contributed by atoms with Crippen molar-refractivity contribution in [2.24, 2.45) is 0 Å². The van der Waals surface area contributed by atoms with Gasteiger partial charge in [-0.2, -0.15) is 0 Å². The maximum Gasteiger partial charge on any atom is 0.405 e. The van der Waals surface area contributed by atoms with Crippen LogP contribution in [0.15, 0.2) is 18.2 Å². The van der Waals surface area contributed by atoms with E-state index in [1.807, 2.05) is 0 Å². The number of benzene rings is 1. The highest BCUT2D eigenvalue weighted by Gasteiger charge is 2.45. The van der Waals surface area contributed by atoms with Gasteiger partial charge in [0.25, 0.3) is 5.69 Å². The van der Waals surface area contributed by atoms with E-state index in [2.05, 4.69) is 5.32 Å². The third-order valence-electron chi connectivity index (χ3n) is 3.34. The SMILES string of the molecule is C[S+]([O-])Cc1cc([N+](=O)[O-])ccc1OCC1(NC(=O)O)CC1. The topological polar surface area (TPSA) is 125 Å². The Labute approximate surface area is 129 Å². The van der Waals surface area contributed by atoms with E-state index in [1.54, 1.807) is 0 Å². The standard InChI is InChI=1S/C13H16N2O6S/c1-22(20)7-9-6-10(15(18)19)2-3-11(9)21-8-13(4-5-13)14-12(16)17/h2-3,6,14H,4-5,7-8H2,1H3,(H,16,17). The van der Waals surface area contributed by atoms with Gasteiger partial charge in [-0.25, -0.2) is 4.79 Å². The number of nitro benzene ring substituents is 1. The van der Waals surface area contributed by atoms with Gasteiger partial charge in [0.15, 0.2) is 0 Å². The summed E-state index contributed by atoms with van der Waals surface area (Å²) in [6, 6.07) is 4.10. The van der Waals surface area contributed by atoms with E-state index >= 15 is 0 Å². The largest absolute Gasteiger partial charge is 0.616 e. The molecule has 0 aliphatic heterocycles. The van der Waals surface area contributed by atoms with Crippen LogP contribution in [0.5, 0.6) is 5.75 Å². The van der Waals surface area contributed by atoms with Gasteiger partial charge in [-0.1, -0.05) is 11.2 Å². The lowest BCUT2D eigenvalue weighted by molar-refractivity contribution is -0.384. The number of hydrogen-bond donors (Lipinski definition) is 2. The summed E-state index contributed by atoms with van der Waals surface area (Å²) >= 11 is -1.18. The van der Waals surface area contributed by atoms with Crippen molar-refractivity contribution in [2.45, 2.75) is 24.1 Å². The van der Waals surface area contributed by atoms with Gasteiger partial charge in [-0.05, 0) is 18.9 Å². The maximum atomic E-state index is 11.4. The van der Waals surface area contributed by atoms with Crippen molar-refractivity contribution in [3.63, 3.8) is 0 Å². The monoisotopic (exact) mass is 328 g/mol. The van der Waals surface area contributed by atoms with Gasteiger partial charge in [-0.15, -0.1) is 0 Å². The summed E-state index contributed by atoms with van der Waals surface area (Å²) in [5, 5.41) is 22.0. The predicted molar refractivity (Wildman–Crippen MR) is 79.5 cm³/mol. The Hall–Kier alpha value is -2.00. The molecular weight excluding hydrogens is 312 g/mol. The van der Waals surface area contributed by atoms with Crippen LogP contribution in [0.3, 0.4) is 0 Å². The smallest absolute Gasteiger partial charge is 0.405 e. The van der Waals surface area contributed by atoms with E-state index in [0.717, 1.165) is 0 Å². The van der Waals surface area contributed by atoms with Crippen LogP contribution in [0.4, 0.5) is 10.5 Å². The van der Waals surface area contributed by atoms with E-state index in [0.29, 0.717) is 24.2 Å². The zero-order valence-electron chi connectivity index (χ0n) is 11.9. The van der Waals surface area contributed by atoms with Crippen LogP contribution in [0.25, 0.3) is 0 Å². The lowest BCUT2D eigenvalue weighted by Gasteiger charge is -2.18. The molecule has 1 aromatic rings. The lowest BCUT2D eigenvalue weighted by atomic mass is 10.2. The molecule has 1 unspecified atom stereocenters. The van der Waals surface area contributed by atoms with E-state index in [-0.39, 0.29) is 18.0 Å². The van der Waals surface area contributed by atoms with Crippen molar-refractivity contribution in [1.29, 1.82) is 0 Å². The lowest BCUT2D eigenvalue weighted by Crippen LogP contribution is -2.40. The molecule has 1 atom stereocenters. The Morgan fingerprint density at radius 2 is 2.23 bits per heavy atom. The minimum absolute atomic E-state index is 0.0994. The molecule has 0 bridgehead atoms. The Kier molecular flexibility index (Phi) is 4.77. The molecule has 1 amide bonds. The van der Waals surface area contributed by atoms with Crippen molar-refractivity contribution in [3.05, 3.63) is 33.9 Å². The molecular formula is C13H16N2O6S. The molecule has 2 N–H and O–H groups in total. The van der Waals surface area contributed by atoms with Crippen LogP contribution in [0.1, 0.15) is 18.4 Å². The van der Waals surface area contributed by atoms with Crippen molar-refractivity contribution < 1.29 is 24.1 Å². The summed E-state index contributed by atoms with van der Waals surface area (Å²) < 4.78 is 17.0. The van der Waals surface area contributed by atoms with Crippen LogP contribution in [0.2, 0.25) is 0 Å². The van der Waals surface area contributed by atoms with Gasteiger partial charge in [0.1, 0.15) is 18.1 Å². The molecule has 0 radical (unpaired) electrons. The zero-order valence-corrected chi connectivity index (χ0v) is 12.7. The minimum atomic E-state index is -1.18. The first-order chi connectivity index (χ1) is 10.3. The second-order valence-corrected chi connectivity index (χ2v) is 6.70. The fraction of sp³-hybridized carbons (Fsp3) is 0.462. The number of nitro groups is 1. The molecule has 1 saturated carbocycles. The molecule has 22 heavy (non-hydrogen) atoms. The second-order valence-electron chi connectivity index (χ2n) is 5.27. The number of carbonyl (C=O) groups is 1. The summed E-state index contributed by atoms with van der Waals surface area (Å²) in [4.78, 5) is 21.0. The van der Waals surface area contributed by atoms with Crippen molar-refractivity contribution in [3.8, 4) is 5.75 Å². The van der Waals surface area contributed by atoms with E-state index in [9.17, 15) is 19.5 Å². The number of rotatable bonds is 7. The average molecular weight is 328 g/mol. The highest BCUT2D eigenvalue weighted by Crippen LogP contribution is 2.36. The number of ether oxygens (including phenoxy) is 1. The summed E-state index contributed by atoms with van der Waals surface area (Å²) in [5.41, 5.74) is -0.213. The average Bonchev–Trinajstić information content (AvgIpc) is 3.15. The van der Waals surface area contributed by atoms with Crippen LogP contribution < -0.4 is 10.1 Å². The number of nitrogens with zero attached hydrogens (tertiary/aromatic N) is 1. The maximum absolute atomic E-state index is 11.4. The van der Waals surface area contributed by atoms with Gasteiger partial charge in [0.05, 0.1) is 16.7 Å². The van der Waals surface area contributed by atoms with Crippen LogP contribution >= 0.6 is 0 Å². The molecule has 0 saturated heterocycles. The second kappa shape index (κ2) is 6.41. The van der Waals surface area contributed by atoms with Crippen LogP contribution in [-0.2, 0) is 16.9 Å². The Morgan fingerprint density at radius 1 is 1.55 bits per heavy atom. The first-order valence-electron chi connectivity index (χ1n) is 6.53. The molecule has 0 heterocycles. The fourth-order valence-electron chi connectivity index (χ4n) is 2.05. The number of hydrogen-bond acceptors (Lipinski definition) is 5. The van der Waals surface area contributed by atoms with Crippen molar-refractivity contribution >= 4 is 23.0 Å². The van der Waals surface area contributed by atoms with Gasteiger partial charge in [-0.3, -0.25) is 10.1 Å². The fourth-order valence-corrected chi connectivity index (χ4v) is 2.71. The molecule has 8 nitrogen and oxygen atoms in total. The third kappa shape index (κ3) is 4.25. The van der Waals surface area contributed by atoms with Gasteiger partial charge >= 0.3 is 6.09 Å². The number of nitrogens with one attached hydrogen (secondary N) is 1. The minimum Gasteiger partial charge on any atom is -0.616 e. The third-order valence-corrected chi connectivity index (χ3v) is 4.06. The number of carboxylic acid groups (broad SMARTS) is 1. The first-order valence-corrected chi connectivity index (χ1v) is 8.25. The number of non-ortho nitro benzene ring substituents is 1. The Morgan fingerprint density at radius 3 is 2.73 bits per heavy atom. The molecule has 1 aliphatic rings. The van der Waals surface area contributed by atoms with Crippen LogP contribution in [-0.4, -0.2) is 39.1 Å². The van der Waals surface area contributed by atoms with E-state index in [4.69, 9.17) is 9.84 Å². The normalized spacial score (nSPS) is 16.6. The van der Waals surface area contributed by atoms with Gasteiger partial charge in [0.2, 0.25) is 0 Å². The number of amides is 1. The summed E-state index contributed by atoms with van der Waals surface area (Å²) in [6.07, 6.45) is 1.75. The molecule has 1 aromatic carbocycles. The summed E-state index contributed by atoms with van der Waals surface area (Å²) in [6.45, 7) is 0.139. The highest BCUT2D eigenvalue weighted by atomic mass is 32.2. The van der Waals surface area contributed by atoms with Crippen molar-refractivity contribution in [1.82, 2.24) is 5.32 Å².